The molecule has 342 valence electrons. The van der Waals surface area contributed by atoms with Gasteiger partial charge in [0.2, 0.25) is 0 Å². The van der Waals surface area contributed by atoms with E-state index in [1.54, 1.807) is 0 Å². The Morgan fingerprint density at radius 1 is 0.550 bits per heavy atom. The molecule has 0 aliphatic carbocycles. The van der Waals surface area contributed by atoms with Crippen LogP contribution in [0.4, 0.5) is 0 Å². The number of carboxylic acid groups (broad SMARTS) is 1. The van der Waals surface area contributed by atoms with Gasteiger partial charge in [-0.05, 0) is 96.3 Å². The summed E-state index contributed by atoms with van der Waals surface area (Å²) in [5.74, 6) is -1.84. The van der Waals surface area contributed by atoms with Crippen LogP contribution in [0.3, 0.4) is 0 Å². The molecule has 3 unspecified atom stereocenters. The van der Waals surface area contributed by atoms with Gasteiger partial charge in [0, 0.05) is 13.0 Å². The summed E-state index contributed by atoms with van der Waals surface area (Å²) in [5, 5.41) is 8.91. The molecule has 0 aliphatic heterocycles. The number of ether oxygens (including phenoxy) is 2. The monoisotopic (exact) mass is 860 g/mol. The zero-order chi connectivity index (χ0) is 44.0. The van der Waals surface area contributed by atoms with Crippen LogP contribution in [0.15, 0.2) is 97.2 Å². The van der Waals surface area contributed by atoms with Crippen molar-refractivity contribution in [3.05, 3.63) is 97.2 Å². The zero-order valence-electron chi connectivity index (χ0n) is 37.3. The fourth-order valence-corrected chi connectivity index (χ4v) is 6.35. The predicted molar refractivity (Wildman–Crippen MR) is 249 cm³/mol. The van der Waals surface area contributed by atoms with E-state index in [1.807, 2.05) is 0 Å². The Kier molecular flexibility index (Phi) is 41.7. The van der Waals surface area contributed by atoms with Crippen LogP contribution < -0.4 is 5.73 Å². The molecule has 0 aliphatic rings. The van der Waals surface area contributed by atoms with Crippen molar-refractivity contribution < 1.29 is 42.7 Å². The van der Waals surface area contributed by atoms with E-state index in [0.29, 0.717) is 13.0 Å². The highest BCUT2D eigenvalue weighted by Crippen LogP contribution is 2.43. The third-order valence-electron chi connectivity index (χ3n) is 9.10. The van der Waals surface area contributed by atoms with Crippen LogP contribution >= 0.6 is 7.82 Å². The fraction of sp³-hybridized carbons (Fsp3) is 0.633. The maximum absolute atomic E-state index is 12.6. The summed E-state index contributed by atoms with van der Waals surface area (Å²) >= 11 is 0. The summed E-state index contributed by atoms with van der Waals surface area (Å²) in [7, 11) is -4.64. The third kappa shape index (κ3) is 43.0. The maximum atomic E-state index is 12.6. The second-order valence-corrected chi connectivity index (χ2v) is 16.2. The zero-order valence-corrected chi connectivity index (χ0v) is 38.2. The fourth-order valence-electron chi connectivity index (χ4n) is 5.58. The van der Waals surface area contributed by atoms with Crippen LogP contribution in [0, 0.1) is 0 Å². The number of rotatable bonds is 42. The highest BCUT2D eigenvalue weighted by atomic mass is 31.2. The smallest absolute Gasteiger partial charge is 0.472 e. The Morgan fingerprint density at radius 3 is 1.45 bits per heavy atom. The van der Waals surface area contributed by atoms with Crippen LogP contribution in [0.5, 0.6) is 0 Å². The van der Waals surface area contributed by atoms with E-state index < -0.39 is 45.1 Å². The van der Waals surface area contributed by atoms with Gasteiger partial charge in [0.1, 0.15) is 12.1 Å². The van der Waals surface area contributed by atoms with Gasteiger partial charge >= 0.3 is 19.8 Å². The number of aliphatic carboxylic acids is 1. The molecule has 0 aromatic carbocycles. The summed E-state index contributed by atoms with van der Waals surface area (Å²) in [6.07, 6.45) is 57.4. The lowest BCUT2D eigenvalue weighted by molar-refractivity contribution is -0.154. The molecule has 0 saturated heterocycles. The molecule has 3 atom stereocenters. The number of phosphoric acid groups is 1. The first-order valence-corrected chi connectivity index (χ1v) is 24.3. The van der Waals surface area contributed by atoms with Gasteiger partial charge in [-0.3, -0.25) is 18.6 Å². The number of allylic oxidation sites excluding steroid dienone is 16. The Balaban J connectivity index is 4.36. The molecule has 0 saturated carbocycles. The molecule has 60 heavy (non-hydrogen) atoms. The quantitative estimate of drug-likeness (QED) is 0.0234. The van der Waals surface area contributed by atoms with E-state index in [2.05, 4.69) is 111 Å². The topological polar surface area (TPSA) is 155 Å². The molecule has 0 bridgehead atoms. The van der Waals surface area contributed by atoms with Crippen LogP contribution in [-0.4, -0.2) is 60.5 Å². The number of unbranched alkanes of at least 4 members (excludes halogenated alkanes) is 12. The Labute approximate surface area is 364 Å². The molecule has 4 N–H and O–H groups in total. The van der Waals surface area contributed by atoms with Crippen LogP contribution in [0.25, 0.3) is 0 Å². The molecule has 11 heteroatoms. The van der Waals surface area contributed by atoms with Crippen molar-refractivity contribution >= 4 is 19.8 Å². The largest absolute Gasteiger partial charge is 0.480 e. The average Bonchev–Trinajstić information content (AvgIpc) is 3.23. The van der Waals surface area contributed by atoms with Crippen molar-refractivity contribution in [2.75, 3.05) is 26.4 Å². The van der Waals surface area contributed by atoms with Crippen molar-refractivity contribution in [2.45, 2.75) is 174 Å². The van der Waals surface area contributed by atoms with E-state index in [-0.39, 0.29) is 13.0 Å². The van der Waals surface area contributed by atoms with E-state index in [4.69, 9.17) is 29.4 Å². The van der Waals surface area contributed by atoms with Gasteiger partial charge in [0.05, 0.1) is 19.8 Å². The average molecular weight is 860 g/mol. The SMILES string of the molecule is CC/C=C\C/C=C\C/C=C\C/C=C\C/C=C\C/C=C\CCCCC(=O)OC(COCCCCCCCC/C=C\C/C=C\CCCCCC)COP(=O)(O)OCC(N)C(=O)O. The lowest BCUT2D eigenvalue weighted by Crippen LogP contribution is -2.34. The first kappa shape index (κ1) is 56.9. The molecule has 0 spiro atoms. The van der Waals surface area contributed by atoms with Crippen molar-refractivity contribution in [1.82, 2.24) is 0 Å². The van der Waals surface area contributed by atoms with Gasteiger partial charge in [0.15, 0.2) is 0 Å². The van der Waals surface area contributed by atoms with Crippen LogP contribution in [0.1, 0.15) is 162 Å². The lowest BCUT2D eigenvalue weighted by atomic mass is 10.1. The minimum Gasteiger partial charge on any atom is -0.480 e. The van der Waals surface area contributed by atoms with Gasteiger partial charge in [-0.2, -0.15) is 0 Å². The van der Waals surface area contributed by atoms with Gasteiger partial charge < -0.3 is 25.2 Å². The van der Waals surface area contributed by atoms with Crippen LogP contribution in [-0.2, 0) is 32.7 Å². The second-order valence-electron chi connectivity index (χ2n) is 14.8. The summed E-state index contributed by atoms with van der Waals surface area (Å²) in [5.41, 5.74) is 5.36. The summed E-state index contributed by atoms with van der Waals surface area (Å²) in [6, 6.07) is -1.49. The molecule has 0 aromatic heterocycles. The van der Waals surface area contributed by atoms with Crippen molar-refractivity contribution in [3.63, 3.8) is 0 Å². The number of carbonyl (C=O) groups is 2. The van der Waals surface area contributed by atoms with Crippen molar-refractivity contribution in [1.29, 1.82) is 0 Å². The van der Waals surface area contributed by atoms with Gasteiger partial charge in [-0.1, -0.05) is 156 Å². The van der Waals surface area contributed by atoms with Gasteiger partial charge in [0.25, 0.3) is 0 Å². The highest BCUT2D eigenvalue weighted by Gasteiger charge is 2.27. The standard InChI is InChI=1S/C49H82NO9P/c1-3-5-7-9-11-13-15-17-19-21-22-23-24-25-27-29-31-33-35-37-39-41-48(51)59-46(44-57-60(54,55)58-45-47(50)49(52)53)43-56-42-40-38-36-34-32-30-28-26-20-18-16-14-12-10-8-6-4-2/h5,7,11,13-14,16-17,19-20,22-23,25-27,31,33,46-47H,3-4,6,8-10,12,15,18,21,24,28-30,32,34-45,50H2,1-2H3,(H,52,53)(H,54,55)/b7-5-,13-11-,16-14-,19-17-,23-22-,26-20-,27-25-,33-31-. The molecule has 0 aromatic rings. The lowest BCUT2D eigenvalue weighted by Gasteiger charge is -2.20. The van der Waals surface area contributed by atoms with Crippen LogP contribution in [0.2, 0.25) is 0 Å². The van der Waals surface area contributed by atoms with Crippen molar-refractivity contribution in [3.8, 4) is 0 Å². The number of phosphoric ester groups is 1. The summed E-state index contributed by atoms with van der Waals surface area (Å²) in [4.78, 5) is 33.6. The molecular weight excluding hydrogens is 778 g/mol. The van der Waals surface area contributed by atoms with Gasteiger partial charge in [-0.25, -0.2) is 4.57 Å². The molecule has 10 nitrogen and oxygen atoms in total. The molecule has 0 fully saturated rings. The summed E-state index contributed by atoms with van der Waals surface area (Å²) in [6.45, 7) is 3.65. The Bertz CT molecular complexity index is 1320. The number of nitrogens with two attached hydrogens (primary N) is 1. The molecule has 0 amide bonds. The Morgan fingerprint density at radius 2 is 0.967 bits per heavy atom. The number of carbonyl (C=O) groups excluding carboxylic acids is 1. The number of carboxylic acids is 1. The number of hydrogen-bond acceptors (Lipinski definition) is 8. The van der Waals surface area contributed by atoms with E-state index in [1.165, 1.54) is 44.9 Å². The van der Waals surface area contributed by atoms with E-state index in [0.717, 1.165) is 89.9 Å². The van der Waals surface area contributed by atoms with Gasteiger partial charge in [-0.15, -0.1) is 0 Å². The van der Waals surface area contributed by atoms with Crippen molar-refractivity contribution in [2.24, 2.45) is 5.73 Å². The predicted octanol–water partition coefficient (Wildman–Crippen LogP) is 12.9. The Hall–Kier alpha value is -3.11. The summed E-state index contributed by atoms with van der Waals surface area (Å²) < 4.78 is 33.3. The molecular formula is C49H82NO9P. The normalized spacial score (nSPS) is 14.7. The minimum absolute atomic E-state index is 0.0146. The van der Waals surface area contributed by atoms with E-state index >= 15 is 0 Å². The van der Waals surface area contributed by atoms with E-state index in [9.17, 15) is 19.0 Å². The third-order valence-corrected chi connectivity index (χ3v) is 10.0. The highest BCUT2D eigenvalue weighted by molar-refractivity contribution is 7.47. The number of esters is 1. The molecule has 0 radical (unpaired) electrons. The molecule has 0 rings (SSSR count). The number of hydrogen-bond donors (Lipinski definition) is 3. The first-order chi connectivity index (χ1) is 29.2. The second kappa shape index (κ2) is 44.0. The minimum atomic E-state index is -4.64. The molecule has 0 heterocycles. The first-order valence-electron chi connectivity index (χ1n) is 22.8. The maximum Gasteiger partial charge on any atom is 0.472 e.